The summed E-state index contributed by atoms with van der Waals surface area (Å²) in [6.07, 6.45) is 0. The van der Waals surface area contributed by atoms with Crippen LogP contribution >= 0.6 is 11.8 Å². The largest absolute Gasteiger partial charge is 0.477 e. The van der Waals surface area contributed by atoms with Gasteiger partial charge in [-0.05, 0) is 11.5 Å². The van der Waals surface area contributed by atoms with E-state index in [1.165, 1.54) is 15.7 Å². The Morgan fingerprint density at radius 3 is 2.75 bits per heavy atom. The highest BCUT2D eigenvalue weighted by Crippen LogP contribution is 2.46. The first-order valence-corrected chi connectivity index (χ1v) is 6.49. The Morgan fingerprint density at radius 1 is 1.12 bits per heavy atom. The maximum atomic E-state index is 6.04. The van der Waals surface area contributed by atoms with Crippen molar-refractivity contribution in [2.75, 3.05) is 0 Å². The second kappa shape index (κ2) is 3.70. The Labute approximate surface area is 99.8 Å². The van der Waals surface area contributed by atoms with Crippen molar-refractivity contribution < 1.29 is 4.74 Å². The number of benzene rings is 2. The van der Waals surface area contributed by atoms with Crippen LogP contribution in [0.3, 0.4) is 0 Å². The van der Waals surface area contributed by atoms with Crippen molar-refractivity contribution >= 4 is 22.5 Å². The second-order valence-corrected chi connectivity index (χ2v) is 5.60. The first-order valence-electron chi connectivity index (χ1n) is 5.61. The maximum Gasteiger partial charge on any atom is 0.151 e. The fourth-order valence-electron chi connectivity index (χ4n) is 1.97. The highest BCUT2D eigenvalue weighted by molar-refractivity contribution is 8.00. The molecule has 0 saturated carbocycles. The molecule has 2 aromatic carbocycles. The zero-order valence-electron chi connectivity index (χ0n) is 9.44. The molecular weight excluding hydrogens is 216 g/mol. The summed E-state index contributed by atoms with van der Waals surface area (Å²) < 4.78 is 6.04. The third kappa shape index (κ3) is 1.49. The molecule has 3 rings (SSSR count). The molecule has 0 saturated heterocycles. The molecule has 1 aliphatic heterocycles. The maximum absolute atomic E-state index is 6.04. The summed E-state index contributed by atoms with van der Waals surface area (Å²) in [5, 5.41) is 2.49. The van der Waals surface area contributed by atoms with Crippen LogP contribution in [0.25, 0.3) is 10.8 Å². The van der Waals surface area contributed by atoms with E-state index >= 15 is 0 Å². The molecular formula is C14H14OS. The summed E-state index contributed by atoms with van der Waals surface area (Å²) in [4.78, 5) is 1.28. The predicted molar refractivity (Wildman–Crippen MR) is 69.1 cm³/mol. The summed E-state index contributed by atoms with van der Waals surface area (Å²) in [5.74, 6) is 1.61. The van der Waals surface area contributed by atoms with Crippen molar-refractivity contribution in [2.45, 2.75) is 24.2 Å². The van der Waals surface area contributed by atoms with Crippen LogP contribution in [0.1, 0.15) is 13.8 Å². The van der Waals surface area contributed by atoms with Crippen molar-refractivity contribution in [3.8, 4) is 5.75 Å². The molecule has 0 aliphatic carbocycles. The highest BCUT2D eigenvalue weighted by atomic mass is 32.2. The molecule has 16 heavy (non-hydrogen) atoms. The summed E-state index contributed by atoms with van der Waals surface area (Å²) in [7, 11) is 0. The molecule has 1 aliphatic rings. The molecule has 1 heterocycles. The first-order chi connectivity index (χ1) is 7.75. The van der Waals surface area contributed by atoms with Crippen LogP contribution in [0.4, 0.5) is 0 Å². The average Bonchev–Trinajstić information content (AvgIpc) is 2.73. The zero-order valence-corrected chi connectivity index (χ0v) is 10.3. The normalized spacial score (nSPS) is 18.8. The standard InChI is InChI=1S/C14H14OS/c1-9(2)14-15-13-11-6-4-3-5-10(11)7-8-12(13)16-14/h3-9,14H,1-2H3. The van der Waals surface area contributed by atoms with E-state index in [2.05, 4.69) is 50.2 Å². The van der Waals surface area contributed by atoms with Gasteiger partial charge in [-0.1, -0.05) is 55.9 Å². The van der Waals surface area contributed by atoms with E-state index in [0.717, 1.165) is 5.75 Å². The SMILES string of the molecule is CC(C)C1Oc2c(ccc3ccccc23)S1. The zero-order chi connectivity index (χ0) is 11.1. The minimum Gasteiger partial charge on any atom is -0.477 e. The van der Waals surface area contributed by atoms with Crippen LogP contribution in [0.15, 0.2) is 41.3 Å². The van der Waals surface area contributed by atoms with Crippen molar-refractivity contribution in [3.63, 3.8) is 0 Å². The molecule has 0 radical (unpaired) electrons. The summed E-state index contributed by atoms with van der Waals surface area (Å²) in [6.45, 7) is 4.40. The van der Waals surface area contributed by atoms with Gasteiger partial charge in [-0.25, -0.2) is 0 Å². The third-order valence-corrected chi connectivity index (χ3v) is 4.31. The van der Waals surface area contributed by atoms with Crippen LogP contribution in [0.2, 0.25) is 0 Å². The molecule has 1 unspecified atom stereocenters. The molecule has 0 amide bonds. The van der Waals surface area contributed by atoms with Crippen molar-refractivity contribution in [1.82, 2.24) is 0 Å². The predicted octanol–water partition coefficient (Wildman–Crippen LogP) is 4.31. The Hall–Kier alpha value is -1.15. The van der Waals surface area contributed by atoms with E-state index in [4.69, 9.17) is 4.74 Å². The number of rotatable bonds is 1. The molecule has 1 nitrogen and oxygen atoms in total. The van der Waals surface area contributed by atoms with Gasteiger partial charge in [-0.2, -0.15) is 0 Å². The minimum atomic E-state index is 0.265. The summed E-state index contributed by atoms with van der Waals surface area (Å²) in [6, 6.07) is 12.7. The molecule has 0 aromatic heterocycles. The molecule has 82 valence electrons. The summed E-state index contributed by atoms with van der Waals surface area (Å²) in [5.41, 5.74) is 0.265. The van der Waals surface area contributed by atoms with Gasteiger partial charge < -0.3 is 4.74 Å². The van der Waals surface area contributed by atoms with E-state index in [1.807, 2.05) is 11.8 Å². The number of hydrogen-bond donors (Lipinski definition) is 0. The van der Waals surface area contributed by atoms with E-state index < -0.39 is 0 Å². The summed E-state index contributed by atoms with van der Waals surface area (Å²) >= 11 is 1.84. The fourth-order valence-corrected chi connectivity index (χ4v) is 3.05. The quantitative estimate of drug-likeness (QED) is 0.722. The van der Waals surface area contributed by atoms with Gasteiger partial charge in [0.1, 0.15) is 5.75 Å². The van der Waals surface area contributed by atoms with E-state index in [9.17, 15) is 0 Å². The van der Waals surface area contributed by atoms with Gasteiger partial charge in [0, 0.05) is 11.3 Å². The Morgan fingerprint density at radius 2 is 1.94 bits per heavy atom. The molecule has 0 bridgehead atoms. The molecule has 2 heteroatoms. The second-order valence-electron chi connectivity index (χ2n) is 4.46. The van der Waals surface area contributed by atoms with Gasteiger partial charge in [-0.15, -0.1) is 0 Å². The van der Waals surface area contributed by atoms with Crippen LogP contribution < -0.4 is 4.74 Å². The first kappa shape index (κ1) is 10.0. The molecule has 0 spiro atoms. The lowest BCUT2D eigenvalue weighted by Crippen LogP contribution is -2.14. The van der Waals surface area contributed by atoms with Gasteiger partial charge in [0.15, 0.2) is 5.44 Å². The Balaban J connectivity index is 2.14. The minimum absolute atomic E-state index is 0.265. The highest BCUT2D eigenvalue weighted by Gasteiger charge is 2.27. The topological polar surface area (TPSA) is 9.23 Å². The number of ether oxygens (including phenoxy) is 1. The smallest absolute Gasteiger partial charge is 0.151 e. The Kier molecular flexibility index (Phi) is 2.32. The van der Waals surface area contributed by atoms with Gasteiger partial charge in [0.25, 0.3) is 0 Å². The molecule has 0 fully saturated rings. The van der Waals surface area contributed by atoms with Crippen LogP contribution in [0, 0.1) is 5.92 Å². The van der Waals surface area contributed by atoms with Crippen molar-refractivity contribution in [3.05, 3.63) is 36.4 Å². The Bertz CT molecular complexity index is 533. The number of thioether (sulfide) groups is 1. The lowest BCUT2D eigenvalue weighted by atomic mass is 10.1. The lowest BCUT2D eigenvalue weighted by molar-refractivity contribution is 0.246. The van der Waals surface area contributed by atoms with Gasteiger partial charge in [-0.3, -0.25) is 0 Å². The van der Waals surface area contributed by atoms with E-state index in [0.29, 0.717) is 5.92 Å². The average molecular weight is 230 g/mol. The fraction of sp³-hybridized carbons (Fsp3) is 0.286. The van der Waals surface area contributed by atoms with Crippen LogP contribution in [-0.2, 0) is 0 Å². The monoisotopic (exact) mass is 230 g/mol. The van der Waals surface area contributed by atoms with Crippen LogP contribution in [-0.4, -0.2) is 5.44 Å². The van der Waals surface area contributed by atoms with Gasteiger partial charge in [0.05, 0.1) is 4.90 Å². The third-order valence-electron chi connectivity index (χ3n) is 2.86. The molecule has 0 N–H and O–H groups in total. The molecule has 2 aromatic rings. The van der Waals surface area contributed by atoms with Crippen molar-refractivity contribution in [2.24, 2.45) is 5.92 Å². The van der Waals surface area contributed by atoms with Crippen LogP contribution in [0.5, 0.6) is 5.75 Å². The van der Waals surface area contributed by atoms with E-state index in [1.54, 1.807) is 0 Å². The van der Waals surface area contributed by atoms with Gasteiger partial charge in [0.2, 0.25) is 0 Å². The number of hydrogen-bond acceptors (Lipinski definition) is 2. The van der Waals surface area contributed by atoms with Crippen molar-refractivity contribution in [1.29, 1.82) is 0 Å². The number of fused-ring (bicyclic) bond motifs is 3. The van der Waals surface area contributed by atoms with Gasteiger partial charge >= 0.3 is 0 Å². The lowest BCUT2D eigenvalue weighted by Gasteiger charge is -2.13. The van der Waals surface area contributed by atoms with E-state index in [-0.39, 0.29) is 5.44 Å². The molecule has 1 atom stereocenters.